The molecule has 0 bridgehead atoms. The van der Waals surface area contributed by atoms with Crippen LogP contribution in [0.25, 0.3) is 0 Å². The molecule has 1 aromatic carbocycles. The summed E-state index contributed by atoms with van der Waals surface area (Å²) < 4.78 is 0. The molecule has 1 unspecified atom stereocenters. The minimum Gasteiger partial charge on any atom is -0.480 e. The molecule has 114 valence electrons. The van der Waals surface area contributed by atoms with Crippen LogP contribution in [0.5, 0.6) is 0 Å². The third kappa shape index (κ3) is 4.21. The first-order valence-electron chi connectivity index (χ1n) is 7.47. The molecular weight excluding hydrogens is 268 g/mol. The van der Waals surface area contributed by atoms with E-state index in [2.05, 4.69) is 10.6 Å². The van der Waals surface area contributed by atoms with E-state index in [9.17, 15) is 9.59 Å². The fraction of sp³-hybridized carbons (Fsp3) is 0.500. The molecule has 1 saturated carbocycles. The number of carboxylic acids is 1. The second-order valence-electron chi connectivity index (χ2n) is 5.56. The predicted octanol–water partition coefficient (Wildman–Crippen LogP) is 2.63. The molecule has 21 heavy (non-hydrogen) atoms. The van der Waals surface area contributed by atoms with Crippen molar-refractivity contribution in [2.24, 2.45) is 0 Å². The van der Waals surface area contributed by atoms with Gasteiger partial charge < -0.3 is 15.7 Å². The van der Waals surface area contributed by atoms with Crippen molar-refractivity contribution in [2.75, 3.05) is 5.32 Å². The Balaban J connectivity index is 2.08. The SMILES string of the molecule is CC(NC(=O)c1ccccc1NC1CCCCC1)C(=O)O. The zero-order valence-electron chi connectivity index (χ0n) is 12.3. The van der Waals surface area contributed by atoms with Gasteiger partial charge in [0.2, 0.25) is 0 Å². The standard InChI is InChI=1S/C16H22N2O3/c1-11(16(20)21)17-15(19)13-9-5-6-10-14(13)18-12-7-3-2-4-8-12/h5-6,9-12,18H,2-4,7-8H2,1H3,(H,17,19)(H,20,21). The Morgan fingerprint density at radius 3 is 2.52 bits per heavy atom. The lowest BCUT2D eigenvalue weighted by Gasteiger charge is -2.25. The van der Waals surface area contributed by atoms with Crippen molar-refractivity contribution >= 4 is 17.6 Å². The van der Waals surface area contributed by atoms with E-state index in [1.807, 2.05) is 12.1 Å². The normalized spacial score (nSPS) is 17.0. The summed E-state index contributed by atoms with van der Waals surface area (Å²) in [5, 5.41) is 14.8. The number of nitrogens with one attached hydrogen (secondary N) is 2. The molecule has 1 amide bonds. The highest BCUT2D eigenvalue weighted by Crippen LogP contribution is 2.23. The monoisotopic (exact) mass is 290 g/mol. The van der Waals surface area contributed by atoms with Gasteiger partial charge in [-0.3, -0.25) is 9.59 Å². The quantitative estimate of drug-likeness (QED) is 0.779. The fourth-order valence-corrected chi connectivity index (χ4v) is 2.61. The first-order valence-corrected chi connectivity index (χ1v) is 7.47. The summed E-state index contributed by atoms with van der Waals surface area (Å²) in [6.45, 7) is 1.46. The molecular formula is C16H22N2O3. The van der Waals surface area contributed by atoms with E-state index < -0.39 is 12.0 Å². The maximum Gasteiger partial charge on any atom is 0.325 e. The summed E-state index contributed by atoms with van der Waals surface area (Å²) in [4.78, 5) is 23.0. The van der Waals surface area contributed by atoms with E-state index >= 15 is 0 Å². The Morgan fingerprint density at radius 2 is 1.86 bits per heavy atom. The third-order valence-electron chi connectivity index (χ3n) is 3.85. The van der Waals surface area contributed by atoms with Gasteiger partial charge in [0.05, 0.1) is 5.56 Å². The Kier molecular flexibility index (Phi) is 5.20. The van der Waals surface area contributed by atoms with Crippen LogP contribution < -0.4 is 10.6 Å². The van der Waals surface area contributed by atoms with Crippen molar-refractivity contribution < 1.29 is 14.7 Å². The number of aliphatic carboxylic acids is 1. The van der Waals surface area contributed by atoms with E-state index in [4.69, 9.17) is 5.11 Å². The lowest BCUT2D eigenvalue weighted by Crippen LogP contribution is -2.38. The summed E-state index contributed by atoms with van der Waals surface area (Å²) in [6.07, 6.45) is 5.92. The number of hydrogen-bond donors (Lipinski definition) is 3. The van der Waals surface area contributed by atoms with Gasteiger partial charge in [-0.1, -0.05) is 31.4 Å². The van der Waals surface area contributed by atoms with Gasteiger partial charge in [-0.25, -0.2) is 0 Å². The predicted molar refractivity (Wildman–Crippen MR) is 81.5 cm³/mol. The van der Waals surface area contributed by atoms with Gasteiger partial charge in [0.1, 0.15) is 6.04 Å². The molecule has 1 aliphatic rings. The summed E-state index contributed by atoms with van der Waals surface area (Å²) in [5.74, 6) is -1.40. The van der Waals surface area contributed by atoms with Gasteiger partial charge in [0.25, 0.3) is 5.91 Å². The molecule has 0 aliphatic heterocycles. The number of carboxylic acid groups (broad SMARTS) is 1. The average Bonchev–Trinajstić information content (AvgIpc) is 2.48. The van der Waals surface area contributed by atoms with Gasteiger partial charge in [-0.05, 0) is 31.9 Å². The molecule has 2 rings (SSSR count). The Hall–Kier alpha value is -2.04. The minimum atomic E-state index is -1.04. The third-order valence-corrected chi connectivity index (χ3v) is 3.85. The van der Waals surface area contributed by atoms with Crippen molar-refractivity contribution in [1.82, 2.24) is 5.32 Å². The van der Waals surface area contributed by atoms with E-state index in [1.54, 1.807) is 12.1 Å². The number of carbonyl (C=O) groups excluding carboxylic acids is 1. The van der Waals surface area contributed by atoms with E-state index in [1.165, 1.54) is 26.2 Å². The smallest absolute Gasteiger partial charge is 0.325 e. The second-order valence-corrected chi connectivity index (χ2v) is 5.56. The summed E-state index contributed by atoms with van der Waals surface area (Å²) in [6, 6.07) is 6.74. The molecule has 1 fully saturated rings. The number of rotatable bonds is 5. The van der Waals surface area contributed by atoms with Gasteiger partial charge >= 0.3 is 5.97 Å². The van der Waals surface area contributed by atoms with Crippen LogP contribution in [0.4, 0.5) is 5.69 Å². The zero-order valence-corrected chi connectivity index (χ0v) is 12.3. The number of carbonyl (C=O) groups is 2. The van der Waals surface area contributed by atoms with Crippen molar-refractivity contribution in [3.8, 4) is 0 Å². The van der Waals surface area contributed by atoms with E-state index in [0.717, 1.165) is 18.5 Å². The molecule has 1 atom stereocenters. The summed E-state index contributed by atoms with van der Waals surface area (Å²) in [5.41, 5.74) is 1.27. The van der Waals surface area contributed by atoms with Gasteiger partial charge in [0, 0.05) is 11.7 Å². The van der Waals surface area contributed by atoms with E-state index in [-0.39, 0.29) is 5.91 Å². The number of para-hydroxylation sites is 1. The molecule has 1 aliphatic carbocycles. The Bertz CT molecular complexity index is 510. The van der Waals surface area contributed by atoms with Crippen molar-refractivity contribution in [3.05, 3.63) is 29.8 Å². The molecule has 0 saturated heterocycles. The molecule has 1 aromatic rings. The van der Waals surface area contributed by atoms with Crippen LogP contribution >= 0.6 is 0 Å². The number of anilines is 1. The Labute approximate surface area is 124 Å². The largest absolute Gasteiger partial charge is 0.480 e. The number of hydrogen-bond acceptors (Lipinski definition) is 3. The minimum absolute atomic E-state index is 0.358. The average molecular weight is 290 g/mol. The lowest BCUT2D eigenvalue weighted by molar-refractivity contribution is -0.138. The highest BCUT2D eigenvalue weighted by atomic mass is 16.4. The maximum atomic E-state index is 12.2. The van der Waals surface area contributed by atoms with Crippen molar-refractivity contribution in [3.63, 3.8) is 0 Å². The zero-order chi connectivity index (χ0) is 15.2. The lowest BCUT2D eigenvalue weighted by atomic mass is 9.95. The molecule has 0 radical (unpaired) electrons. The Morgan fingerprint density at radius 1 is 1.19 bits per heavy atom. The van der Waals surface area contributed by atoms with Crippen LogP contribution in [0.2, 0.25) is 0 Å². The van der Waals surface area contributed by atoms with Gasteiger partial charge in [-0.15, -0.1) is 0 Å². The first-order chi connectivity index (χ1) is 10.1. The van der Waals surface area contributed by atoms with Crippen LogP contribution in [0.15, 0.2) is 24.3 Å². The van der Waals surface area contributed by atoms with Crippen molar-refractivity contribution in [1.29, 1.82) is 0 Å². The highest BCUT2D eigenvalue weighted by Gasteiger charge is 2.19. The van der Waals surface area contributed by atoms with Crippen LogP contribution in [-0.2, 0) is 4.79 Å². The van der Waals surface area contributed by atoms with Crippen LogP contribution in [0, 0.1) is 0 Å². The fourth-order valence-electron chi connectivity index (χ4n) is 2.61. The van der Waals surface area contributed by atoms with E-state index in [0.29, 0.717) is 11.6 Å². The molecule has 0 heterocycles. The molecule has 5 heteroatoms. The highest BCUT2D eigenvalue weighted by molar-refractivity contribution is 6.01. The van der Waals surface area contributed by atoms with Crippen molar-refractivity contribution in [2.45, 2.75) is 51.1 Å². The molecule has 0 spiro atoms. The summed E-state index contributed by atoms with van der Waals surface area (Å²) >= 11 is 0. The molecule has 0 aromatic heterocycles. The van der Waals surface area contributed by atoms with Crippen LogP contribution in [0.3, 0.4) is 0 Å². The topological polar surface area (TPSA) is 78.4 Å². The van der Waals surface area contributed by atoms with Crippen LogP contribution in [0.1, 0.15) is 49.4 Å². The maximum absolute atomic E-state index is 12.2. The molecule has 5 nitrogen and oxygen atoms in total. The molecule has 3 N–H and O–H groups in total. The second kappa shape index (κ2) is 7.11. The first kappa shape index (κ1) is 15.4. The number of benzene rings is 1. The summed E-state index contributed by atoms with van der Waals surface area (Å²) in [7, 11) is 0. The van der Waals surface area contributed by atoms with Gasteiger partial charge in [0.15, 0.2) is 0 Å². The number of amides is 1. The van der Waals surface area contributed by atoms with Gasteiger partial charge in [-0.2, -0.15) is 0 Å². The van der Waals surface area contributed by atoms with Crippen LogP contribution in [-0.4, -0.2) is 29.1 Å².